The van der Waals surface area contributed by atoms with Crippen molar-refractivity contribution < 1.29 is 4.42 Å². The number of benzene rings is 1. The lowest BCUT2D eigenvalue weighted by molar-refractivity contribution is 0.607. The minimum atomic E-state index is -0.939. The van der Waals surface area contributed by atoms with Gasteiger partial charge in [-0.3, -0.25) is 0 Å². The van der Waals surface area contributed by atoms with Crippen LogP contribution in [0, 0.1) is 0 Å². The Labute approximate surface area is 147 Å². The highest BCUT2D eigenvalue weighted by atomic mass is 35.5. The summed E-state index contributed by atoms with van der Waals surface area (Å²) >= 11 is 6.27. The molecule has 23 heavy (non-hydrogen) atoms. The van der Waals surface area contributed by atoms with Crippen LogP contribution in [0.4, 0.5) is 0 Å². The summed E-state index contributed by atoms with van der Waals surface area (Å²) in [6.07, 6.45) is 9.49. The molecule has 0 N–H and O–H groups in total. The summed E-state index contributed by atoms with van der Waals surface area (Å²) < 4.78 is 5.89. The number of hydrogen-bond acceptors (Lipinski definition) is 1. The lowest BCUT2D eigenvalue weighted by Crippen LogP contribution is -2.24. The van der Waals surface area contributed by atoms with Crippen LogP contribution in [0.25, 0.3) is 11.0 Å². The first-order valence-corrected chi connectivity index (χ1v) is 11.4. The average molecular weight is 354 g/mol. The predicted octanol–water partition coefficient (Wildman–Crippen LogP) is 6.80. The number of hydrogen-bond donors (Lipinski definition) is 0. The summed E-state index contributed by atoms with van der Waals surface area (Å²) in [6, 6.07) is 6.02. The van der Waals surface area contributed by atoms with Gasteiger partial charge in [-0.05, 0) is 37.5 Å². The van der Waals surface area contributed by atoms with E-state index in [1.54, 1.807) is 0 Å². The molecule has 0 aliphatic carbocycles. The van der Waals surface area contributed by atoms with E-state index in [4.69, 9.17) is 16.0 Å². The van der Waals surface area contributed by atoms with Crippen molar-refractivity contribution in [1.82, 2.24) is 0 Å². The summed E-state index contributed by atoms with van der Waals surface area (Å²) in [5.41, 5.74) is 0.971. The van der Waals surface area contributed by atoms with Gasteiger partial charge in [0.25, 0.3) is 0 Å². The molecule has 0 atom stereocenters. The van der Waals surface area contributed by atoms with Crippen LogP contribution >= 0.6 is 11.6 Å². The third-order valence-electron chi connectivity index (χ3n) is 4.39. The first-order chi connectivity index (χ1) is 11.2. The first-order valence-electron chi connectivity index (χ1n) is 8.95. The summed E-state index contributed by atoms with van der Waals surface area (Å²) in [4.78, 5) is 1.42. The maximum absolute atomic E-state index is 6.27. The summed E-state index contributed by atoms with van der Waals surface area (Å²) in [5, 5.41) is 4.67. The van der Waals surface area contributed by atoms with Gasteiger partial charge in [-0.2, -0.15) is 0 Å². The molecular formula is C20H30ClOS+. The van der Waals surface area contributed by atoms with Crippen LogP contribution in [0.5, 0.6) is 0 Å². The number of halogens is 1. The molecule has 2 aromatic rings. The monoisotopic (exact) mass is 353 g/mol. The average Bonchev–Trinajstić information content (AvgIpc) is 2.98. The molecule has 0 bridgehead atoms. The lowest BCUT2D eigenvalue weighted by Gasteiger charge is -2.21. The van der Waals surface area contributed by atoms with Crippen molar-refractivity contribution in [1.29, 1.82) is 0 Å². The lowest BCUT2D eigenvalue weighted by atomic mass is 10.3. The molecule has 0 aliphatic rings. The standard InChI is InChI=1S/C20H30ClOS/c1-4-7-12-23(13-8-5-2,14-9-6-3)20-16-22-19-11-10-17(21)15-18(19)20/h10-12,15-16H,4-9,13-14H2,1-3H3/q+1. The Hall–Kier alpha value is -0.730. The molecule has 2 rings (SSSR count). The Bertz CT molecular complexity index is 659. The van der Waals surface area contributed by atoms with Crippen LogP contribution < -0.4 is 0 Å². The Balaban J connectivity index is 2.58. The van der Waals surface area contributed by atoms with Crippen LogP contribution in [-0.2, 0) is 9.62 Å². The van der Waals surface area contributed by atoms with E-state index < -0.39 is 9.62 Å². The number of fused-ring (bicyclic) bond motifs is 1. The van der Waals surface area contributed by atoms with E-state index in [-0.39, 0.29) is 0 Å². The highest BCUT2D eigenvalue weighted by Crippen LogP contribution is 2.34. The van der Waals surface area contributed by atoms with Crippen molar-refractivity contribution in [3.05, 3.63) is 29.5 Å². The Kier molecular flexibility index (Phi) is 7.23. The third kappa shape index (κ3) is 4.42. The first kappa shape index (κ1) is 18.6. The normalized spacial score (nSPS) is 12.0. The van der Waals surface area contributed by atoms with E-state index in [1.165, 1.54) is 60.3 Å². The van der Waals surface area contributed by atoms with E-state index in [9.17, 15) is 0 Å². The largest absolute Gasteiger partial charge is 0.459 e. The van der Waals surface area contributed by atoms with Gasteiger partial charge in [-0.15, -0.1) is 0 Å². The molecule has 0 radical (unpaired) electrons. The van der Waals surface area contributed by atoms with Crippen molar-refractivity contribution >= 4 is 37.6 Å². The van der Waals surface area contributed by atoms with Crippen LogP contribution in [0.1, 0.15) is 59.3 Å². The fraction of sp³-hybridized carbons (Fsp3) is 0.550. The third-order valence-corrected chi connectivity index (χ3v) is 8.72. The zero-order valence-corrected chi connectivity index (χ0v) is 16.3. The van der Waals surface area contributed by atoms with Crippen LogP contribution in [0.2, 0.25) is 5.02 Å². The van der Waals surface area contributed by atoms with Gasteiger partial charge in [-0.1, -0.05) is 54.8 Å². The molecule has 1 aromatic carbocycles. The second kappa shape index (κ2) is 8.94. The Morgan fingerprint density at radius 1 is 1.04 bits per heavy atom. The van der Waals surface area contributed by atoms with E-state index >= 15 is 0 Å². The predicted molar refractivity (Wildman–Crippen MR) is 107 cm³/mol. The highest BCUT2D eigenvalue weighted by Gasteiger charge is 2.29. The molecule has 0 amide bonds. The van der Waals surface area contributed by atoms with Crippen molar-refractivity contribution in [3.63, 3.8) is 0 Å². The number of furan rings is 1. The fourth-order valence-electron chi connectivity index (χ4n) is 3.02. The van der Waals surface area contributed by atoms with Crippen molar-refractivity contribution in [3.8, 4) is 0 Å². The van der Waals surface area contributed by atoms with Crippen LogP contribution in [-0.4, -0.2) is 16.9 Å². The molecule has 128 valence electrons. The van der Waals surface area contributed by atoms with Gasteiger partial charge in [0.2, 0.25) is 0 Å². The van der Waals surface area contributed by atoms with Crippen molar-refractivity contribution in [2.75, 3.05) is 11.5 Å². The quantitative estimate of drug-likeness (QED) is 0.357. The smallest absolute Gasteiger partial charge is 0.164 e. The maximum atomic E-state index is 6.27. The maximum Gasteiger partial charge on any atom is 0.164 e. The van der Waals surface area contributed by atoms with Crippen molar-refractivity contribution in [2.45, 2.75) is 64.2 Å². The molecule has 1 nitrogen and oxygen atoms in total. The summed E-state index contributed by atoms with van der Waals surface area (Å²) in [5.74, 6) is 2.56. The Morgan fingerprint density at radius 3 is 2.35 bits per heavy atom. The molecule has 0 aliphatic heterocycles. The topological polar surface area (TPSA) is 13.1 Å². The van der Waals surface area contributed by atoms with Gasteiger partial charge in [-0.25, -0.2) is 0 Å². The van der Waals surface area contributed by atoms with Gasteiger partial charge < -0.3 is 4.42 Å². The van der Waals surface area contributed by atoms with Gasteiger partial charge in [0.15, 0.2) is 4.90 Å². The molecule has 1 aromatic heterocycles. The highest BCUT2D eigenvalue weighted by molar-refractivity contribution is 8.12. The summed E-state index contributed by atoms with van der Waals surface area (Å²) in [6.45, 7) is 6.84. The van der Waals surface area contributed by atoms with Gasteiger partial charge >= 0.3 is 0 Å². The molecule has 0 spiro atoms. The fourth-order valence-corrected chi connectivity index (χ4v) is 7.48. The number of unbranched alkanes of at least 4 members (excludes halogenated alkanes) is 3. The van der Waals surface area contributed by atoms with E-state index in [0.29, 0.717) is 0 Å². The van der Waals surface area contributed by atoms with Crippen molar-refractivity contribution in [2.24, 2.45) is 0 Å². The van der Waals surface area contributed by atoms with E-state index in [0.717, 1.165) is 10.6 Å². The van der Waals surface area contributed by atoms with Crippen LogP contribution in [0.3, 0.4) is 0 Å². The second-order valence-corrected chi connectivity index (χ2v) is 10.2. The minimum Gasteiger partial charge on any atom is -0.459 e. The second-order valence-electron chi connectivity index (χ2n) is 6.26. The zero-order chi connectivity index (χ0) is 16.7. The summed E-state index contributed by atoms with van der Waals surface area (Å²) in [7, 11) is -0.939. The number of rotatable bonds is 9. The molecule has 0 saturated heterocycles. The molecule has 0 unspecified atom stereocenters. The molecular weight excluding hydrogens is 324 g/mol. The van der Waals surface area contributed by atoms with Gasteiger partial charge in [0.1, 0.15) is 11.8 Å². The molecule has 3 heteroatoms. The zero-order valence-electron chi connectivity index (χ0n) is 14.7. The van der Waals surface area contributed by atoms with Crippen LogP contribution in [0.15, 0.2) is 33.8 Å². The van der Waals surface area contributed by atoms with E-state index in [2.05, 4.69) is 32.2 Å². The molecule has 1 heterocycles. The van der Waals surface area contributed by atoms with Gasteiger partial charge in [0.05, 0.1) is 22.3 Å². The molecule has 0 fully saturated rings. The minimum absolute atomic E-state index is 0.801. The SMILES string of the molecule is CCCC=[S+](CCCC)(CCCC)c1coc2ccc(Cl)cc12. The molecule has 0 saturated carbocycles. The van der Waals surface area contributed by atoms with Gasteiger partial charge in [0, 0.05) is 11.4 Å². The van der Waals surface area contributed by atoms with E-state index in [1.807, 2.05) is 18.4 Å². The Morgan fingerprint density at radius 2 is 1.74 bits per heavy atom.